The van der Waals surface area contributed by atoms with Gasteiger partial charge in [0.15, 0.2) is 5.82 Å². The van der Waals surface area contributed by atoms with Crippen molar-refractivity contribution in [1.82, 2.24) is 15.2 Å². The van der Waals surface area contributed by atoms with Gasteiger partial charge in [0.25, 0.3) is 0 Å². The molecule has 0 aliphatic carbocycles. The van der Waals surface area contributed by atoms with Crippen molar-refractivity contribution in [2.24, 2.45) is 5.73 Å². The Hall–Kier alpha value is -2.08. The molecule has 0 spiro atoms. The van der Waals surface area contributed by atoms with Gasteiger partial charge in [-0.15, -0.1) is 5.10 Å². The fraction of sp³-hybridized carbons (Fsp3) is 0.167. The lowest BCUT2D eigenvalue weighted by Gasteiger charge is -2.10. The zero-order valence-electron chi connectivity index (χ0n) is 9.92. The molecule has 18 heavy (non-hydrogen) atoms. The maximum atomic E-state index is 5.62. The molecule has 0 aromatic carbocycles. The molecule has 0 amide bonds. The lowest BCUT2D eigenvalue weighted by atomic mass is 10.1. The van der Waals surface area contributed by atoms with E-state index in [9.17, 15) is 0 Å². The van der Waals surface area contributed by atoms with E-state index in [-0.39, 0.29) is 0 Å². The zero-order valence-corrected chi connectivity index (χ0v) is 10.7. The molecule has 6 heteroatoms. The van der Waals surface area contributed by atoms with Crippen molar-refractivity contribution in [3.05, 3.63) is 47.4 Å². The van der Waals surface area contributed by atoms with E-state index in [1.807, 2.05) is 19.2 Å². The molecular weight excluding hydrogens is 246 g/mol. The van der Waals surface area contributed by atoms with Crippen molar-refractivity contribution in [3.63, 3.8) is 0 Å². The third kappa shape index (κ3) is 2.78. The fourth-order valence-corrected chi connectivity index (χ4v) is 1.69. The number of aromatic nitrogens is 3. The SMILES string of the molecule is Cc1ccncc1CNc1nnccc1C(N)=S. The third-order valence-corrected chi connectivity index (χ3v) is 2.80. The highest BCUT2D eigenvalue weighted by Crippen LogP contribution is 2.12. The predicted octanol–water partition coefficient (Wildman–Crippen LogP) is 1.43. The van der Waals surface area contributed by atoms with Crippen LogP contribution in [0.25, 0.3) is 0 Å². The molecule has 2 aromatic rings. The van der Waals surface area contributed by atoms with Crippen LogP contribution in [0.1, 0.15) is 16.7 Å². The second-order valence-corrected chi connectivity index (χ2v) is 4.25. The minimum Gasteiger partial charge on any atom is -0.389 e. The normalized spacial score (nSPS) is 10.1. The first-order valence-electron chi connectivity index (χ1n) is 5.43. The standard InChI is InChI=1S/C12H13N5S/c1-8-2-4-14-6-9(8)7-15-12-10(11(13)18)3-5-16-17-12/h2-6H,7H2,1H3,(H2,13,18)(H,15,17). The number of hydrogen-bond donors (Lipinski definition) is 2. The lowest BCUT2D eigenvalue weighted by molar-refractivity contribution is 0.987. The molecule has 0 radical (unpaired) electrons. The number of nitrogens with zero attached hydrogens (tertiary/aromatic N) is 3. The van der Waals surface area contributed by atoms with Gasteiger partial charge >= 0.3 is 0 Å². The molecular formula is C12H13N5S. The van der Waals surface area contributed by atoms with Crippen LogP contribution in [-0.4, -0.2) is 20.2 Å². The van der Waals surface area contributed by atoms with Crippen LogP contribution in [0.4, 0.5) is 5.82 Å². The van der Waals surface area contributed by atoms with Crippen molar-refractivity contribution in [2.45, 2.75) is 13.5 Å². The van der Waals surface area contributed by atoms with Crippen LogP contribution in [0.2, 0.25) is 0 Å². The van der Waals surface area contributed by atoms with Gasteiger partial charge in [-0.3, -0.25) is 4.98 Å². The molecule has 0 fully saturated rings. The van der Waals surface area contributed by atoms with Crippen molar-refractivity contribution >= 4 is 23.0 Å². The summed E-state index contributed by atoms with van der Waals surface area (Å²) < 4.78 is 0. The Labute approximate surface area is 110 Å². The fourth-order valence-electron chi connectivity index (χ4n) is 1.52. The van der Waals surface area contributed by atoms with Gasteiger partial charge in [-0.1, -0.05) is 12.2 Å². The molecule has 0 unspecified atom stereocenters. The van der Waals surface area contributed by atoms with Crippen LogP contribution in [-0.2, 0) is 6.54 Å². The Bertz CT molecular complexity index is 570. The molecule has 2 heterocycles. The molecule has 0 atom stereocenters. The summed E-state index contributed by atoms with van der Waals surface area (Å²) in [4.78, 5) is 4.39. The highest BCUT2D eigenvalue weighted by Gasteiger charge is 2.06. The Balaban J connectivity index is 2.16. The molecule has 3 N–H and O–H groups in total. The minimum atomic E-state index is 0.301. The largest absolute Gasteiger partial charge is 0.389 e. The summed E-state index contributed by atoms with van der Waals surface area (Å²) in [7, 11) is 0. The van der Waals surface area contributed by atoms with Gasteiger partial charge < -0.3 is 11.1 Å². The van der Waals surface area contributed by atoms with Gasteiger partial charge in [-0.25, -0.2) is 0 Å². The topological polar surface area (TPSA) is 76.7 Å². The predicted molar refractivity (Wildman–Crippen MR) is 74.2 cm³/mol. The number of hydrogen-bond acceptors (Lipinski definition) is 5. The van der Waals surface area contributed by atoms with Crippen LogP contribution in [0.15, 0.2) is 30.7 Å². The van der Waals surface area contributed by atoms with Gasteiger partial charge in [0, 0.05) is 18.9 Å². The van der Waals surface area contributed by atoms with E-state index in [2.05, 4.69) is 20.5 Å². The quantitative estimate of drug-likeness (QED) is 0.809. The number of pyridine rings is 1. The van der Waals surface area contributed by atoms with E-state index < -0.39 is 0 Å². The monoisotopic (exact) mass is 259 g/mol. The molecule has 0 saturated carbocycles. The van der Waals surface area contributed by atoms with Crippen molar-refractivity contribution < 1.29 is 0 Å². The number of thiocarbonyl (C=S) groups is 1. The van der Waals surface area contributed by atoms with E-state index in [4.69, 9.17) is 18.0 Å². The van der Waals surface area contributed by atoms with Crippen molar-refractivity contribution in [3.8, 4) is 0 Å². The van der Waals surface area contributed by atoms with E-state index in [0.717, 1.165) is 5.56 Å². The molecule has 5 nitrogen and oxygen atoms in total. The summed E-state index contributed by atoms with van der Waals surface area (Å²) in [5.74, 6) is 0.591. The van der Waals surface area contributed by atoms with Crippen molar-refractivity contribution in [1.29, 1.82) is 0 Å². The molecule has 0 bridgehead atoms. The highest BCUT2D eigenvalue weighted by atomic mass is 32.1. The maximum Gasteiger partial charge on any atom is 0.159 e. The number of anilines is 1. The highest BCUT2D eigenvalue weighted by molar-refractivity contribution is 7.80. The van der Waals surface area contributed by atoms with E-state index >= 15 is 0 Å². The smallest absolute Gasteiger partial charge is 0.159 e. The average Bonchev–Trinajstić information content (AvgIpc) is 2.38. The summed E-state index contributed by atoms with van der Waals surface area (Å²) in [6.45, 7) is 2.64. The van der Waals surface area contributed by atoms with Gasteiger partial charge in [-0.05, 0) is 30.2 Å². The number of nitrogens with two attached hydrogens (primary N) is 1. The van der Waals surface area contributed by atoms with Crippen LogP contribution in [0, 0.1) is 6.92 Å². The molecule has 0 aliphatic heterocycles. The minimum absolute atomic E-state index is 0.301. The van der Waals surface area contributed by atoms with E-state index in [1.54, 1.807) is 18.5 Å². The first-order valence-corrected chi connectivity index (χ1v) is 5.84. The number of rotatable bonds is 4. The summed E-state index contributed by atoms with van der Waals surface area (Å²) in [5, 5.41) is 11.0. The van der Waals surface area contributed by atoms with Crippen LogP contribution < -0.4 is 11.1 Å². The van der Waals surface area contributed by atoms with E-state index in [1.165, 1.54) is 5.56 Å². The second-order valence-electron chi connectivity index (χ2n) is 3.81. The summed E-state index contributed by atoms with van der Waals surface area (Å²) in [5.41, 5.74) is 8.58. The summed E-state index contributed by atoms with van der Waals surface area (Å²) in [6.07, 6.45) is 5.15. The first-order chi connectivity index (χ1) is 8.68. The molecule has 92 valence electrons. The zero-order chi connectivity index (χ0) is 13.0. The number of nitrogens with one attached hydrogen (secondary N) is 1. The second kappa shape index (κ2) is 5.50. The van der Waals surface area contributed by atoms with E-state index in [0.29, 0.717) is 22.9 Å². The summed E-state index contributed by atoms with van der Waals surface area (Å²) in [6, 6.07) is 3.70. The third-order valence-electron chi connectivity index (χ3n) is 2.58. The van der Waals surface area contributed by atoms with Gasteiger partial charge in [0.2, 0.25) is 0 Å². The first kappa shape index (κ1) is 12.4. The van der Waals surface area contributed by atoms with Gasteiger partial charge in [0.05, 0.1) is 11.8 Å². The Morgan fingerprint density at radius 2 is 2.22 bits per heavy atom. The molecule has 2 aromatic heterocycles. The van der Waals surface area contributed by atoms with Crippen LogP contribution >= 0.6 is 12.2 Å². The Morgan fingerprint density at radius 1 is 1.39 bits per heavy atom. The Kier molecular flexibility index (Phi) is 3.78. The lowest BCUT2D eigenvalue weighted by Crippen LogP contribution is -2.15. The molecule has 0 saturated heterocycles. The average molecular weight is 259 g/mol. The Morgan fingerprint density at radius 3 is 2.94 bits per heavy atom. The van der Waals surface area contributed by atoms with Crippen LogP contribution in [0.5, 0.6) is 0 Å². The van der Waals surface area contributed by atoms with Crippen molar-refractivity contribution in [2.75, 3.05) is 5.32 Å². The van der Waals surface area contributed by atoms with Gasteiger partial charge in [0.1, 0.15) is 4.99 Å². The number of aryl methyl sites for hydroxylation is 1. The maximum absolute atomic E-state index is 5.62. The summed E-state index contributed by atoms with van der Waals surface area (Å²) >= 11 is 4.96. The van der Waals surface area contributed by atoms with Gasteiger partial charge in [-0.2, -0.15) is 5.10 Å². The van der Waals surface area contributed by atoms with Crippen LogP contribution in [0.3, 0.4) is 0 Å². The molecule has 0 aliphatic rings. The molecule has 2 rings (SSSR count).